The van der Waals surface area contributed by atoms with E-state index in [1.165, 1.54) is 57.5 Å². The summed E-state index contributed by atoms with van der Waals surface area (Å²) >= 11 is 0. The fourth-order valence-corrected chi connectivity index (χ4v) is 4.93. The van der Waals surface area contributed by atoms with Crippen LogP contribution in [0.2, 0.25) is 0 Å². The van der Waals surface area contributed by atoms with Gasteiger partial charge < -0.3 is 14.6 Å². The fraction of sp³-hybridized carbons (Fsp3) is 0.238. The smallest absolute Gasteiger partial charge is 0.261 e. The molecule has 0 bridgehead atoms. The lowest BCUT2D eigenvalue weighted by Crippen LogP contribution is -2.40. The molecule has 0 atom stereocenters. The topological polar surface area (TPSA) is 97.7 Å². The number of sulfonamides is 1. The van der Waals surface area contributed by atoms with Gasteiger partial charge in [0, 0.05) is 37.4 Å². The van der Waals surface area contributed by atoms with Crippen molar-refractivity contribution in [1.29, 1.82) is 0 Å². The van der Waals surface area contributed by atoms with Gasteiger partial charge in [-0.15, -0.1) is 0 Å². The molecule has 0 saturated carbocycles. The van der Waals surface area contributed by atoms with Gasteiger partial charge in [-0.3, -0.25) is 9.59 Å². The summed E-state index contributed by atoms with van der Waals surface area (Å²) < 4.78 is 47.3. The molecule has 1 fully saturated rings. The van der Waals surface area contributed by atoms with Crippen LogP contribution in [0.3, 0.4) is 0 Å². The number of amides is 1. The van der Waals surface area contributed by atoms with Gasteiger partial charge in [0.25, 0.3) is 5.91 Å². The zero-order valence-electron chi connectivity index (χ0n) is 16.7. The number of morpholine rings is 1. The molecule has 0 spiro atoms. The second kappa shape index (κ2) is 8.22. The number of benzene rings is 2. The number of rotatable bonds is 4. The molecule has 0 aliphatic carbocycles. The molecule has 10 heteroatoms. The third-order valence-corrected chi connectivity index (χ3v) is 7.03. The van der Waals surface area contributed by atoms with Crippen LogP contribution < -0.4 is 10.7 Å². The first-order chi connectivity index (χ1) is 14.8. The van der Waals surface area contributed by atoms with Crippen LogP contribution in [0.4, 0.5) is 10.1 Å². The van der Waals surface area contributed by atoms with Gasteiger partial charge in [0.05, 0.1) is 23.6 Å². The van der Waals surface area contributed by atoms with Crippen LogP contribution >= 0.6 is 0 Å². The summed E-state index contributed by atoms with van der Waals surface area (Å²) in [5.74, 6) is -1.23. The number of nitrogens with one attached hydrogen (secondary N) is 1. The Kier molecular flexibility index (Phi) is 5.61. The number of pyridine rings is 1. The van der Waals surface area contributed by atoms with Crippen molar-refractivity contribution in [2.45, 2.75) is 4.90 Å². The molecule has 3 aromatic rings. The van der Waals surface area contributed by atoms with Crippen LogP contribution in [0, 0.1) is 5.82 Å². The second-order valence-corrected chi connectivity index (χ2v) is 9.05. The molecule has 8 nitrogen and oxygen atoms in total. The van der Waals surface area contributed by atoms with E-state index in [2.05, 4.69) is 5.32 Å². The van der Waals surface area contributed by atoms with Crippen LogP contribution in [0.15, 0.2) is 58.4 Å². The number of hydrogen-bond acceptors (Lipinski definition) is 5. The first kappa shape index (κ1) is 21.2. The maximum Gasteiger partial charge on any atom is 0.261 e. The van der Waals surface area contributed by atoms with Crippen molar-refractivity contribution in [3.8, 4) is 0 Å². The predicted molar refractivity (Wildman–Crippen MR) is 113 cm³/mol. The van der Waals surface area contributed by atoms with E-state index in [0.29, 0.717) is 18.9 Å². The minimum Gasteiger partial charge on any atom is -0.379 e. The van der Waals surface area contributed by atoms with Crippen molar-refractivity contribution in [3.63, 3.8) is 0 Å². The highest BCUT2D eigenvalue weighted by atomic mass is 32.2. The maximum atomic E-state index is 14.1. The summed E-state index contributed by atoms with van der Waals surface area (Å²) in [7, 11) is -2.10. The van der Waals surface area contributed by atoms with E-state index < -0.39 is 27.2 Å². The standard InChI is InChI=1S/C21H20FN3O5S/c1-24-13-17(20(26)16-3-2-4-18(22)19(16)24)21(27)23-14-5-7-15(8-6-14)31(28,29)25-9-11-30-12-10-25/h2-8,13H,9-12H2,1H3,(H,23,27). The third kappa shape index (κ3) is 3.97. The fourth-order valence-electron chi connectivity index (χ4n) is 3.53. The third-order valence-electron chi connectivity index (χ3n) is 5.12. The highest BCUT2D eigenvalue weighted by molar-refractivity contribution is 7.89. The highest BCUT2D eigenvalue weighted by Crippen LogP contribution is 2.20. The molecular formula is C21H20FN3O5S. The van der Waals surface area contributed by atoms with Crippen LogP contribution in [0.1, 0.15) is 10.4 Å². The van der Waals surface area contributed by atoms with Gasteiger partial charge in [0.2, 0.25) is 15.5 Å². The molecule has 1 saturated heterocycles. The monoisotopic (exact) mass is 445 g/mol. The van der Waals surface area contributed by atoms with Gasteiger partial charge in [-0.2, -0.15) is 4.31 Å². The number of fused-ring (bicyclic) bond motifs is 1. The quantitative estimate of drug-likeness (QED) is 0.662. The first-order valence-electron chi connectivity index (χ1n) is 9.56. The number of hydrogen-bond donors (Lipinski definition) is 1. The average molecular weight is 445 g/mol. The maximum absolute atomic E-state index is 14.1. The largest absolute Gasteiger partial charge is 0.379 e. The summed E-state index contributed by atoms with van der Waals surface area (Å²) in [6, 6.07) is 9.82. The lowest BCUT2D eigenvalue weighted by molar-refractivity contribution is 0.0730. The molecule has 0 unspecified atom stereocenters. The Labute approximate surface area is 177 Å². The van der Waals surface area contributed by atoms with Gasteiger partial charge >= 0.3 is 0 Å². The molecule has 162 valence electrons. The minimum atomic E-state index is -3.65. The molecule has 1 aliphatic heterocycles. The Morgan fingerprint density at radius 2 is 1.77 bits per heavy atom. The molecule has 1 N–H and O–H groups in total. The minimum absolute atomic E-state index is 0.0992. The van der Waals surface area contributed by atoms with E-state index in [0.717, 1.165) is 0 Å². The van der Waals surface area contributed by atoms with E-state index >= 15 is 0 Å². The zero-order valence-corrected chi connectivity index (χ0v) is 17.5. The van der Waals surface area contributed by atoms with Gasteiger partial charge in [-0.25, -0.2) is 12.8 Å². The number of nitrogens with zero attached hydrogens (tertiary/aromatic N) is 2. The number of carbonyl (C=O) groups is 1. The molecule has 2 heterocycles. The van der Waals surface area contributed by atoms with Crippen molar-refractivity contribution in [2.24, 2.45) is 7.05 Å². The van der Waals surface area contributed by atoms with Crippen molar-refractivity contribution in [2.75, 3.05) is 31.6 Å². The van der Waals surface area contributed by atoms with Gasteiger partial charge in [0.15, 0.2) is 0 Å². The Hall–Kier alpha value is -3.08. The van der Waals surface area contributed by atoms with E-state index in [-0.39, 0.29) is 34.5 Å². The lowest BCUT2D eigenvalue weighted by Gasteiger charge is -2.26. The van der Waals surface area contributed by atoms with Crippen LogP contribution in [0.25, 0.3) is 10.9 Å². The zero-order chi connectivity index (χ0) is 22.2. The molecule has 1 amide bonds. The summed E-state index contributed by atoms with van der Waals surface area (Å²) in [5, 5.41) is 2.69. The number of aryl methyl sites for hydroxylation is 1. The van der Waals surface area contributed by atoms with Gasteiger partial charge in [0.1, 0.15) is 11.4 Å². The molecule has 4 rings (SSSR count). The van der Waals surface area contributed by atoms with Crippen molar-refractivity contribution >= 4 is 32.5 Å². The SMILES string of the molecule is Cn1cc(C(=O)Nc2ccc(S(=O)(=O)N3CCOCC3)cc2)c(=O)c2cccc(F)c21. The Bertz CT molecular complexity index is 1310. The van der Waals surface area contributed by atoms with Crippen molar-refractivity contribution < 1.29 is 22.3 Å². The molecule has 31 heavy (non-hydrogen) atoms. The summed E-state index contributed by atoms with van der Waals surface area (Å²) in [6.45, 7) is 1.26. The van der Waals surface area contributed by atoms with Gasteiger partial charge in [-0.05, 0) is 36.4 Å². The van der Waals surface area contributed by atoms with E-state index in [1.807, 2.05) is 0 Å². The summed E-state index contributed by atoms with van der Waals surface area (Å²) in [6.07, 6.45) is 1.28. The average Bonchev–Trinajstić information content (AvgIpc) is 2.77. The number of anilines is 1. The number of carbonyl (C=O) groups excluding carboxylic acids is 1. The van der Waals surface area contributed by atoms with E-state index in [9.17, 15) is 22.4 Å². The van der Waals surface area contributed by atoms with E-state index in [1.54, 1.807) is 7.05 Å². The number of aromatic nitrogens is 1. The van der Waals surface area contributed by atoms with Crippen LogP contribution in [-0.2, 0) is 21.8 Å². The normalized spacial score (nSPS) is 15.2. The molecular weight excluding hydrogens is 425 g/mol. The molecule has 1 aromatic heterocycles. The van der Waals surface area contributed by atoms with Crippen LogP contribution in [0.5, 0.6) is 0 Å². The highest BCUT2D eigenvalue weighted by Gasteiger charge is 2.26. The number of halogens is 1. The molecule has 2 aromatic carbocycles. The van der Waals surface area contributed by atoms with E-state index in [4.69, 9.17) is 4.74 Å². The summed E-state index contributed by atoms with van der Waals surface area (Å²) in [4.78, 5) is 25.5. The second-order valence-electron chi connectivity index (χ2n) is 7.11. The van der Waals surface area contributed by atoms with Gasteiger partial charge in [-0.1, -0.05) is 6.07 Å². The Morgan fingerprint density at radius 1 is 1.10 bits per heavy atom. The molecule has 0 radical (unpaired) electrons. The lowest BCUT2D eigenvalue weighted by atomic mass is 10.1. The van der Waals surface area contributed by atoms with Crippen LogP contribution in [-0.4, -0.2) is 49.5 Å². The van der Waals surface area contributed by atoms with Crippen molar-refractivity contribution in [1.82, 2.24) is 8.87 Å². The Morgan fingerprint density at radius 3 is 2.45 bits per heavy atom. The Balaban J connectivity index is 1.58. The van der Waals surface area contributed by atoms with Crippen molar-refractivity contribution in [3.05, 3.63) is 70.3 Å². The number of ether oxygens (including phenoxy) is 1. The summed E-state index contributed by atoms with van der Waals surface area (Å²) in [5.41, 5.74) is -0.295. The number of para-hydroxylation sites is 1. The first-order valence-corrected chi connectivity index (χ1v) is 11.0. The predicted octanol–water partition coefficient (Wildman–Crippen LogP) is 1.95. The molecule has 1 aliphatic rings.